The Bertz CT molecular complexity index is 819. The van der Waals surface area contributed by atoms with Crippen LogP contribution in [0.3, 0.4) is 0 Å². The number of imidazole rings is 1. The molecule has 3 heterocycles. The lowest BCUT2D eigenvalue weighted by molar-refractivity contribution is 0.619. The van der Waals surface area contributed by atoms with Gasteiger partial charge in [-0.3, -0.25) is 9.38 Å². The molecule has 0 radical (unpaired) electrons. The molecule has 0 bridgehead atoms. The number of rotatable bonds is 1. The Morgan fingerprint density at radius 2 is 2.11 bits per heavy atom. The predicted molar refractivity (Wildman–Crippen MR) is 68.0 cm³/mol. The van der Waals surface area contributed by atoms with E-state index in [1.165, 1.54) is 12.3 Å². The van der Waals surface area contributed by atoms with Crippen LogP contribution < -0.4 is 0 Å². The second-order valence-corrected chi connectivity index (χ2v) is 4.45. The average molecular weight is 252 g/mol. The first-order valence-corrected chi connectivity index (χ1v) is 5.95. The average Bonchev–Trinajstić information content (AvgIpc) is 3.03. The van der Waals surface area contributed by atoms with E-state index in [1.807, 2.05) is 16.8 Å². The third kappa shape index (κ3) is 1.55. The fraction of sp³-hybridized carbons (Fsp3) is 0.0714. The monoisotopic (exact) mass is 252 g/mol. The number of fused-ring (bicyclic) bond motifs is 2. The number of hydrogen-bond acceptors (Lipinski definition) is 3. The summed E-state index contributed by atoms with van der Waals surface area (Å²) < 4.78 is 15.2. The van der Waals surface area contributed by atoms with Crippen LogP contribution in [0.4, 0.5) is 4.39 Å². The summed E-state index contributed by atoms with van der Waals surface area (Å²) in [6.45, 7) is 0. The Morgan fingerprint density at radius 1 is 1.16 bits per heavy atom. The third-order valence-corrected chi connectivity index (χ3v) is 3.28. The Kier molecular flexibility index (Phi) is 2.03. The number of nitrogens with zero attached hydrogens (tertiary/aromatic N) is 4. The molecule has 4 nitrogen and oxygen atoms in total. The van der Waals surface area contributed by atoms with Gasteiger partial charge >= 0.3 is 0 Å². The minimum absolute atomic E-state index is 0.316. The van der Waals surface area contributed by atoms with Gasteiger partial charge in [0.15, 0.2) is 0 Å². The second-order valence-electron chi connectivity index (χ2n) is 4.45. The molecule has 92 valence electrons. The number of hydrogen-bond donors (Lipinski definition) is 0. The van der Waals surface area contributed by atoms with Gasteiger partial charge in [-0.15, -0.1) is 0 Å². The molecule has 1 aliphatic carbocycles. The molecule has 0 N–H and O–H groups in total. The molecule has 0 atom stereocenters. The molecule has 0 fully saturated rings. The number of aromatic nitrogens is 4. The van der Waals surface area contributed by atoms with Crippen molar-refractivity contribution in [3.8, 4) is 0 Å². The largest absolute Gasteiger partial charge is 0.291 e. The first-order chi connectivity index (χ1) is 9.31. The van der Waals surface area contributed by atoms with Crippen molar-refractivity contribution >= 4 is 11.4 Å². The van der Waals surface area contributed by atoms with Crippen molar-refractivity contribution in [1.82, 2.24) is 19.4 Å². The summed E-state index contributed by atoms with van der Waals surface area (Å²) in [4.78, 5) is 12.5. The van der Waals surface area contributed by atoms with Crippen LogP contribution in [0.15, 0.2) is 43.1 Å². The van der Waals surface area contributed by atoms with Crippen molar-refractivity contribution in [2.45, 2.75) is 6.42 Å². The van der Waals surface area contributed by atoms with Crippen LogP contribution in [-0.2, 0) is 6.42 Å². The fourth-order valence-electron chi connectivity index (χ4n) is 2.40. The smallest absolute Gasteiger partial charge is 0.233 e. The molecular weight excluding hydrogens is 243 g/mol. The van der Waals surface area contributed by atoms with Crippen LogP contribution in [0.5, 0.6) is 0 Å². The lowest BCUT2D eigenvalue weighted by atomic mass is 10.0. The van der Waals surface area contributed by atoms with Gasteiger partial charge in [0, 0.05) is 42.3 Å². The van der Waals surface area contributed by atoms with Crippen LogP contribution in [0.2, 0.25) is 0 Å². The quantitative estimate of drug-likeness (QED) is 0.667. The van der Waals surface area contributed by atoms with Crippen LogP contribution in [0, 0.1) is 5.82 Å². The zero-order chi connectivity index (χ0) is 12.8. The molecule has 0 saturated carbocycles. The lowest BCUT2D eigenvalue weighted by Gasteiger charge is -2.06. The maximum absolute atomic E-state index is 13.3. The highest BCUT2D eigenvalue weighted by atomic mass is 19.1. The summed E-state index contributed by atoms with van der Waals surface area (Å²) in [5, 5.41) is 0. The van der Waals surface area contributed by atoms with E-state index in [1.54, 1.807) is 12.4 Å². The van der Waals surface area contributed by atoms with E-state index >= 15 is 0 Å². The van der Waals surface area contributed by atoms with Crippen molar-refractivity contribution in [3.05, 3.63) is 65.8 Å². The van der Waals surface area contributed by atoms with E-state index in [0.717, 1.165) is 28.8 Å². The second kappa shape index (κ2) is 3.71. The molecule has 0 spiro atoms. The van der Waals surface area contributed by atoms with Crippen LogP contribution >= 0.6 is 0 Å². The van der Waals surface area contributed by atoms with Gasteiger partial charge in [0.2, 0.25) is 5.78 Å². The standard InChI is InChI=1S/C14H9FN4/c15-10-5-12-11(1-2-13(12)17-7-10)9-6-18-14-16-3-4-19(14)8-9/h1,3-8H,2H2. The van der Waals surface area contributed by atoms with Crippen LogP contribution in [0.1, 0.15) is 16.8 Å². The molecule has 0 aliphatic heterocycles. The van der Waals surface area contributed by atoms with E-state index in [4.69, 9.17) is 0 Å². The Hall–Kier alpha value is -2.56. The third-order valence-electron chi connectivity index (χ3n) is 3.28. The molecule has 0 saturated heterocycles. The van der Waals surface area contributed by atoms with E-state index < -0.39 is 0 Å². The number of allylic oxidation sites excluding steroid dienone is 1. The summed E-state index contributed by atoms with van der Waals surface area (Å²) in [5.74, 6) is 0.336. The van der Waals surface area contributed by atoms with E-state index in [0.29, 0.717) is 5.78 Å². The summed E-state index contributed by atoms with van der Waals surface area (Å²) in [5.41, 5.74) is 3.67. The van der Waals surface area contributed by atoms with Gasteiger partial charge in [0.05, 0.1) is 11.9 Å². The summed E-state index contributed by atoms with van der Waals surface area (Å²) in [6, 6.07) is 1.53. The minimum atomic E-state index is -0.316. The van der Waals surface area contributed by atoms with Crippen molar-refractivity contribution < 1.29 is 4.39 Å². The molecule has 4 rings (SSSR count). The van der Waals surface area contributed by atoms with Crippen molar-refractivity contribution in [2.75, 3.05) is 0 Å². The maximum Gasteiger partial charge on any atom is 0.233 e. The summed E-state index contributed by atoms with van der Waals surface area (Å²) in [7, 11) is 0. The van der Waals surface area contributed by atoms with Crippen molar-refractivity contribution in [2.24, 2.45) is 0 Å². The van der Waals surface area contributed by atoms with Crippen LogP contribution in [-0.4, -0.2) is 19.4 Å². The Balaban J connectivity index is 1.88. The van der Waals surface area contributed by atoms with Crippen molar-refractivity contribution in [3.63, 3.8) is 0 Å². The molecule has 0 aromatic carbocycles. The van der Waals surface area contributed by atoms with Gasteiger partial charge < -0.3 is 0 Å². The topological polar surface area (TPSA) is 43.1 Å². The SMILES string of the molecule is Fc1cnc2c(c1)C(c1cnc3nccn3c1)=CC2. The van der Waals surface area contributed by atoms with Gasteiger partial charge in [-0.1, -0.05) is 6.08 Å². The molecule has 0 unspecified atom stereocenters. The molecule has 19 heavy (non-hydrogen) atoms. The lowest BCUT2D eigenvalue weighted by Crippen LogP contribution is -1.95. The van der Waals surface area contributed by atoms with Gasteiger partial charge in [-0.05, 0) is 11.6 Å². The normalized spacial score (nSPS) is 13.6. The van der Waals surface area contributed by atoms with Gasteiger partial charge in [0.1, 0.15) is 5.82 Å². The molecule has 0 amide bonds. The highest BCUT2D eigenvalue weighted by Crippen LogP contribution is 2.31. The maximum atomic E-state index is 13.3. The van der Waals surface area contributed by atoms with E-state index in [9.17, 15) is 4.39 Å². The molecule has 5 heteroatoms. The summed E-state index contributed by atoms with van der Waals surface area (Å²) in [6.07, 6.45) is 11.3. The van der Waals surface area contributed by atoms with Gasteiger partial charge in [-0.2, -0.15) is 0 Å². The zero-order valence-corrected chi connectivity index (χ0v) is 9.92. The number of pyridine rings is 1. The van der Waals surface area contributed by atoms with Crippen molar-refractivity contribution in [1.29, 1.82) is 0 Å². The zero-order valence-electron chi connectivity index (χ0n) is 9.92. The molecule has 3 aromatic heterocycles. The highest BCUT2D eigenvalue weighted by Gasteiger charge is 2.18. The first kappa shape index (κ1) is 10.4. The van der Waals surface area contributed by atoms with Gasteiger partial charge in [0.25, 0.3) is 0 Å². The van der Waals surface area contributed by atoms with E-state index in [-0.39, 0.29) is 5.82 Å². The fourth-order valence-corrected chi connectivity index (χ4v) is 2.40. The Morgan fingerprint density at radius 3 is 3.05 bits per heavy atom. The van der Waals surface area contributed by atoms with E-state index in [2.05, 4.69) is 21.0 Å². The predicted octanol–water partition coefficient (Wildman–Crippen LogP) is 2.25. The van der Waals surface area contributed by atoms with Crippen LogP contribution in [0.25, 0.3) is 11.4 Å². The first-order valence-electron chi connectivity index (χ1n) is 5.95. The molecular formula is C14H9FN4. The minimum Gasteiger partial charge on any atom is -0.291 e. The molecule has 3 aromatic rings. The molecule has 1 aliphatic rings. The summed E-state index contributed by atoms with van der Waals surface area (Å²) >= 11 is 0. The highest BCUT2D eigenvalue weighted by molar-refractivity contribution is 5.83. The number of halogens is 1. The Labute approximate surface area is 108 Å². The van der Waals surface area contributed by atoms with Gasteiger partial charge in [-0.25, -0.2) is 14.4 Å².